The SMILES string of the molecule is CN(C)c1ccc(Cc2ccc(Cc3ccc(N(C)C)cc3)n2C)cc1. The fraction of sp³-hybridized carbons (Fsp3) is 0.304. The van der Waals surface area contributed by atoms with Crippen molar-refractivity contribution in [2.75, 3.05) is 38.0 Å². The fourth-order valence-electron chi connectivity index (χ4n) is 3.20. The fourth-order valence-corrected chi connectivity index (χ4v) is 3.20. The summed E-state index contributed by atoms with van der Waals surface area (Å²) in [6.45, 7) is 0. The molecule has 3 heteroatoms. The van der Waals surface area contributed by atoms with Crippen LogP contribution in [0.4, 0.5) is 11.4 Å². The lowest BCUT2D eigenvalue weighted by atomic mass is 10.1. The summed E-state index contributed by atoms with van der Waals surface area (Å²) < 4.78 is 2.33. The van der Waals surface area contributed by atoms with Crippen molar-refractivity contribution in [2.24, 2.45) is 7.05 Å². The average molecular weight is 348 g/mol. The average Bonchev–Trinajstić information content (AvgIpc) is 2.96. The van der Waals surface area contributed by atoms with Gasteiger partial charge in [-0.1, -0.05) is 24.3 Å². The van der Waals surface area contributed by atoms with Gasteiger partial charge in [0.05, 0.1) is 0 Å². The standard InChI is InChI=1S/C23H29N3/c1-24(2)20-10-6-18(7-11-20)16-22-14-15-23(26(22)5)17-19-8-12-21(13-9-19)25(3)4/h6-15H,16-17H2,1-5H3. The van der Waals surface area contributed by atoms with E-state index in [0.717, 1.165) is 12.8 Å². The van der Waals surface area contributed by atoms with Crippen LogP contribution in [0.25, 0.3) is 0 Å². The monoisotopic (exact) mass is 347 g/mol. The van der Waals surface area contributed by atoms with Crippen LogP contribution >= 0.6 is 0 Å². The number of nitrogens with zero attached hydrogens (tertiary/aromatic N) is 3. The summed E-state index contributed by atoms with van der Waals surface area (Å²) in [5.41, 5.74) is 7.87. The first-order valence-corrected chi connectivity index (χ1v) is 9.10. The van der Waals surface area contributed by atoms with E-state index < -0.39 is 0 Å². The second kappa shape index (κ2) is 7.69. The molecule has 26 heavy (non-hydrogen) atoms. The van der Waals surface area contributed by atoms with Gasteiger partial charge in [0.15, 0.2) is 0 Å². The molecule has 0 fully saturated rings. The smallest absolute Gasteiger partial charge is 0.0361 e. The number of hydrogen-bond acceptors (Lipinski definition) is 2. The Morgan fingerprint density at radius 1 is 0.577 bits per heavy atom. The highest BCUT2D eigenvalue weighted by atomic mass is 15.1. The lowest BCUT2D eigenvalue weighted by Gasteiger charge is -2.14. The number of benzene rings is 2. The normalized spacial score (nSPS) is 10.8. The molecule has 0 spiro atoms. The second-order valence-corrected chi connectivity index (χ2v) is 7.35. The molecule has 0 N–H and O–H groups in total. The van der Waals surface area contributed by atoms with Crippen LogP contribution in [0, 0.1) is 0 Å². The molecule has 0 atom stereocenters. The van der Waals surface area contributed by atoms with Crippen molar-refractivity contribution in [1.29, 1.82) is 0 Å². The van der Waals surface area contributed by atoms with E-state index in [1.54, 1.807) is 0 Å². The van der Waals surface area contributed by atoms with Crippen LogP contribution in [0.3, 0.4) is 0 Å². The molecule has 0 radical (unpaired) electrons. The first-order chi connectivity index (χ1) is 12.4. The van der Waals surface area contributed by atoms with Crippen LogP contribution in [0.2, 0.25) is 0 Å². The molecule has 3 nitrogen and oxygen atoms in total. The van der Waals surface area contributed by atoms with Crippen molar-refractivity contribution < 1.29 is 0 Å². The Morgan fingerprint density at radius 3 is 1.23 bits per heavy atom. The summed E-state index contributed by atoms with van der Waals surface area (Å²) >= 11 is 0. The van der Waals surface area contributed by atoms with Crippen molar-refractivity contribution in [2.45, 2.75) is 12.8 Å². The molecule has 2 aromatic carbocycles. The molecule has 1 heterocycles. The molecule has 0 saturated carbocycles. The first kappa shape index (κ1) is 18.1. The molecule has 3 aromatic rings. The summed E-state index contributed by atoms with van der Waals surface area (Å²) in [6.07, 6.45) is 1.92. The third kappa shape index (κ3) is 4.10. The van der Waals surface area contributed by atoms with Crippen molar-refractivity contribution >= 4 is 11.4 Å². The van der Waals surface area contributed by atoms with Crippen molar-refractivity contribution in [3.63, 3.8) is 0 Å². The first-order valence-electron chi connectivity index (χ1n) is 9.10. The molecule has 3 rings (SSSR count). The third-order valence-corrected chi connectivity index (χ3v) is 5.01. The van der Waals surface area contributed by atoms with Gasteiger partial charge in [-0.2, -0.15) is 0 Å². The van der Waals surface area contributed by atoms with E-state index in [-0.39, 0.29) is 0 Å². The highest BCUT2D eigenvalue weighted by Crippen LogP contribution is 2.19. The summed E-state index contributed by atoms with van der Waals surface area (Å²) in [7, 11) is 10.5. The predicted octanol–water partition coefficient (Wildman–Crippen LogP) is 4.34. The number of anilines is 2. The van der Waals surface area contributed by atoms with Gasteiger partial charge in [-0.3, -0.25) is 0 Å². The van der Waals surface area contributed by atoms with Crippen LogP contribution < -0.4 is 9.80 Å². The van der Waals surface area contributed by atoms with Crippen LogP contribution in [-0.2, 0) is 19.9 Å². The van der Waals surface area contributed by atoms with E-state index in [4.69, 9.17) is 0 Å². The predicted molar refractivity (Wildman–Crippen MR) is 113 cm³/mol. The van der Waals surface area contributed by atoms with Crippen LogP contribution in [-0.4, -0.2) is 32.8 Å². The lowest BCUT2D eigenvalue weighted by molar-refractivity contribution is 0.797. The Labute approximate surface area is 157 Å². The Kier molecular flexibility index (Phi) is 5.36. The van der Waals surface area contributed by atoms with Crippen molar-refractivity contribution in [1.82, 2.24) is 4.57 Å². The number of aromatic nitrogens is 1. The van der Waals surface area contributed by atoms with Gasteiger partial charge in [0, 0.05) is 70.8 Å². The topological polar surface area (TPSA) is 11.4 Å². The highest BCUT2D eigenvalue weighted by molar-refractivity contribution is 5.47. The molecule has 1 aromatic heterocycles. The third-order valence-electron chi connectivity index (χ3n) is 5.01. The van der Waals surface area contributed by atoms with Gasteiger partial charge >= 0.3 is 0 Å². The number of rotatable bonds is 6. The molecular weight excluding hydrogens is 318 g/mol. The minimum Gasteiger partial charge on any atom is -0.378 e. The van der Waals surface area contributed by atoms with E-state index in [1.807, 2.05) is 0 Å². The molecular formula is C23H29N3. The van der Waals surface area contributed by atoms with E-state index in [0.29, 0.717) is 0 Å². The van der Waals surface area contributed by atoms with Crippen LogP contribution in [0.5, 0.6) is 0 Å². The minimum atomic E-state index is 0.962. The molecule has 0 aliphatic heterocycles. The Bertz CT molecular complexity index is 769. The van der Waals surface area contributed by atoms with E-state index >= 15 is 0 Å². The maximum Gasteiger partial charge on any atom is 0.0361 e. The molecule has 0 amide bonds. The van der Waals surface area contributed by atoms with Gasteiger partial charge in [-0.25, -0.2) is 0 Å². The summed E-state index contributed by atoms with van der Waals surface area (Å²) in [4.78, 5) is 4.26. The Morgan fingerprint density at radius 2 is 0.923 bits per heavy atom. The Hall–Kier alpha value is -2.68. The molecule has 0 saturated heterocycles. The van der Waals surface area contributed by atoms with Gasteiger partial charge in [0.25, 0.3) is 0 Å². The van der Waals surface area contributed by atoms with Crippen LogP contribution in [0.15, 0.2) is 60.7 Å². The van der Waals surface area contributed by atoms with Crippen molar-refractivity contribution in [3.8, 4) is 0 Å². The van der Waals surface area contributed by atoms with Gasteiger partial charge in [0.1, 0.15) is 0 Å². The van der Waals surface area contributed by atoms with E-state index in [9.17, 15) is 0 Å². The molecule has 0 bridgehead atoms. The lowest BCUT2D eigenvalue weighted by Crippen LogP contribution is -2.08. The minimum absolute atomic E-state index is 0.962. The summed E-state index contributed by atoms with van der Waals surface area (Å²) in [5.74, 6) is 0. The van der Waals surface area contributed by atoms with E-state index in [1.165, 1.54) is 33.9 Å². The van der Waals surface area contributed by atoms with Gasteiger partial charge in [0.2, 0.25) is 0 Å². The molecule has 0 unspecified atom stereocenters. The zero-order chi connectivity index (χ0) is 18.7. The van der Waals surface area contributed by atoms with E-state index in [2.05, 4.69) is 110 Å². The molecule has 0 aliphatic carbocycles. The molecule has 0 aliphatic rings. The van der Waals surface area contributed by atoms with Gasteiger partial charge < -0.3 is 14.4 Å². The second-order valence-electron chi connectivity index (χ2n) is 7.35. The van der Waals surface area contributed by atoms with Gasteiger partial charge in [-0.15, -0.1) is 0 Å². The van der Waals surface area contributed by atoms with Crippen LogP contribution in [0.1, 0.15) is 22.5 Å². The Balaban J connectivity index is 1.71. The van der Waals surface area contributed by atoms with Crippen molar-refractivity contribution in [3.05, 3.63) is 83.2 Å². The summed E-state index contributed by atoms with van der Waals surface area (Å²) in [5, 5.41) is 0. The number of hydrogen-bond donors (Lipinski definition) is 0. The zero-order valence-corrected chi connectivity index (χ0v) is 16.5. The maximum atomic E-state index is 2.33. The van der Waals surface area contributed by atoms with Gasteiger partial charge in [-0.05, 0) is 47.5 Å². The molecule has 136 valence electrons. The maximum absolute atomic E-state index is 2.33. The summed E-state index contributed by atoms with van der Waals surface area (Å²) in [6, 6.07) is 22.1. The quantitative estimate of drug-likeness (QED) is 0.657. The zero-order valence-electron chi connectivity index (χ0n) is 16.5. The largest absolute Gasteiger partial charge is 0.378 e. The highest BCUT2D eigenvalue weighted by Gasteiger charge is 2.07.